The van der Waals surface area contributed by atoms with E-state index in [4.69, 9.17) is 5.11 Å². The van der Waals surface area contributed by atoms with E-state index in [9.17, 15) is 9.59 Å². The Labute approximate surface area is 134 Å². The van der Waals surface area contributed by atoms with Gasteiger partial charge in [-0.15, -0.1) is 5.10 Å². The number of carboxylic acid groups (broad SMARTS) is 1. The fraction of sp³-hybridized carbons (Fsp3) is 0.375. The monoisotopic (exact) mass is 316 g/mol. The molecule has 0 spiro atoms. The van der Waals surface area contributed by atoms with E-state index in [0.29, 0.717) is 12.2 Å². The fourth-order valence-electron chi connectivity index (χ4n) is 2.21. The van der Waals surface area contributed by atoms with E-state index in [-0.39, 0.29) is 24.7 Å². The van der Waals surface area contributed by atoms with Crippen LogP contribution in [-0.4, -0.2) is 38.5 Å². The lowest BCUT2D eigenvalue weighted by Gasteiger charge is -2.10. The van der Waals surface area contributed by atoms with Gasteiger partial charge in [0, 0.05) is 13.0 Å². The van der Waals surface area contributed by atoms with Crippen LogP contribution < -0.4 is 5.32 Å². The van der Waals surface area contributed by atoms with Gasteiger partial charge in [0.15, 0.2) is 0 Å². The minimum absolute atomic E-state index is 0.0312. The highest BCUT2D eigenvalue weighted by Gasteiger charge is 2.15. The summed E-state index contributed by atoms with van der Waals surface area (Å²) < 4.78 is 1.69. The van der Waals surface area contributed by atoms with Crippen molar-refractivity contribution in [3.63, 3.8) is 0 Å². The summed E-state index contributed by atoms with van der Waals surface area (Å²) in [5.41, 5.74) is 2.31. The highest BCUT2D eigenvalue weighted by atomic mass is 16.4. The van der Waals surface area contributed by atoms with E-state index in [1.54, 1.807) is 11.6 Å². The van der Waals surface area contributed by atoms with Crippen molar-refractivity contribution in [3.8, 4) is 5.69 Å². The van der Waals surface area contributed by atoms with Gasteiger partial charge >= 0.3 is 5.97 Å². The van der Waals surface area contributed by atoms with Crippen molar-refractivity contribution in [2.45, 2.75) is 26.7 Å². The van der Waals surface area contributed by atoms with Gasteiger partial charge in [0.05, 0.1) is 23.5 Å². The lowest BCUT2D eigenvalue weighted by molar-refractivity contribution is -0.138. The summed E-state index contributed by atoms with van der Waals surface area (Å²) in [5, 5.41) is 19.6. The maximum atomic E-state index is 12.0. The second-order valence-corrected chi connectivity index (χ2v) is 5.55. The highest BCUT2D eigenvalue weighted by Crippen LogP contribution is 2.12. The Kier molecular flexibility index (Phi) is 5.46. The number of nitrogens with zero attached hydrogens (tertiary/aromatic N) is 3. The van der Waals surface area contributed by atoms with Crippen molar-refractivity contribution in [3.05, 3.63) is 41.7 Å². The maximum Gasteiger partial charge on any atom is 0.303 e. The summed E-state index contributed by atoms with van der Waals surface area (Å²) in [7, 11) is 0. The quantitative estimate of drug-likeness (QED) is 0.803. The molecule has 1 amide bonds. The summed E-state index contributed by atoms with van der Waals surface area (Å²) in [6.45, 7) is 3.98. The third kappa shape index (κ3) is 4.64. The van der Waals surface area contributed by atoms with Crippen molar-refractivity contribution in [1.29, 1.82) is 0 Å². The van der Waals surface area contributed by atoms with Gasteiger partial charge in [0.25, 0.3) is 0 Å². The van der Waals surface area contributed by atoms with E-state index < -0.39 is 5.97 Å². The van der Waals surface area contributed by atoms with Crippen LogP contribution in [0.1, 0.15) is 24.7 Å². The first kappa shape index (κ1) is 16.7. The molecular weight excluding hydrogens is 296 g/mol. The van der Waals surface area contributed by atoms with Gasteiger partial charge in [-0.2, -0.15) is 0 Å². The average molecular weight is 316 g/mol. The molecule has 1 atom stereocenters. The van der Waals surface area contributed by atoms with Crippen LogP contribution in [0.2, 0.25) is 0 Å². The molecular formula is C16H20N4O3. The lowest BCUT2D eigenvalue weighted by atomic mass is 10.1. The molecule has 1 aromatic carbocycles. The minimum Gasteiger partial charge on any atom is -0.481 e. The molecule has 1 aromatic heterocycles. The van der Waals surface area contributed by atoms with Crippen molar-refractivity contribution < 1.29 is 14.7 Å². The molecule has 1 unspecified atom stereocenters. The summed E-state index contributed by atoms with van der Waals surface area (Å²) >= 11 is 0. The van der Waals surface area contributed by atoms with Gasteiger partial charge in [-0.05, 0) is 25.0 Å². The summed E-state index contributed by atoms with van der Waals surface area (Å²) in [4.78, 5) is 22.6. The highest BCUT2D eigenvalue weighted by molar-refractivity contribution is 5.78. The number of aromatic nitrogens is 3. The van der Waals surface area contributed by atoms with Crippen LogP contribution in [0.15, 0.2) is 30.3 Å². The first-order chi connectivity index (χ1) is 11.0. The number of para-hydroxylation sites is 1. The minimum atomic E-state index is -0.867. The molecule has 0 saturated heterocycles. The molecule has 2 N–H and O–H groups in total. The number of rotatable bonds is 7. The first-order valence-corrected chi connectivity index (χ1v) is 7.42. The van der Waals surface area contributed by atoms with E-state index >= 15 is 0 Å². The second kappa shape index (κ2) is 7.53. The molecule has 0 aliphatic carbocycles. The molecule has 1 heterocycles. The predicted molar refractivity (Wildman–Crippen MR) is 84.2 cm³/mol. The van der Waals surface area contributed by atoms with Crippen LogP contribution in [0, 0.1) is 12.8 Å². The molecule has 7 heteroatoms. The molecule has 0 aliphatic heterocycles. The van der Waals surface area contributed by atoms with Gasteiger partial charge in [-0.25, -0.2) is 4.68 Å². The zero-order valence-corrected chi connectivity index (χ0v) is 13.2. The zero-order valence-electron chi connectivity index (χ0n) is 13.2. The third-order valence-corrected chi connectivity index (χ3v) is 3.49. The Morgan fingerprint density at radius 2 is 2.00 bits per heavy atom. The van der Waals surface area contributed by atoms with E-state index in [1.165, 1.54) is 0 Å². The van der Waals surface area contributed by atoms with Crippen LogP contribution >= 0.6 is 0 Å². The van der Waals surface area contributed by atoms with Crippen molar-refractivity contribution in [1.82, 2.24) is 20.3 Å². The number of aliphatic carboxylic acids is 1. The van der Waals surface area contributed by atoms with E-state index in [1.807, 2.05) is 37.3 Å². The molecule has 0 fully saturated rings. The van der Waals surface area contributed by atoms with Crippen LogP contribution in [0.5, 0.6) is 0 Å². The SMILES string of the molecule is Cc1c(CC(=O)NCC(C)CC(=O)O)nnn1-c1ccccc1. The van der Waals surface area contributed by atoms with Crippen molar-refractivity contribution in [2.24, 2.45) is 5.92 Å². The van der Waals surface area contributed by atoms with Crippen LogP contribution in [0.25, 0.3) is 5.69 Å². The van der Waals surface area contributed by atoms with Crippen molar-refractivity contribution in [2.75, 3.05) is 6.54 Å². The Bertz CT molecular complexity index is 682. The molecule has 2 rings (SSSR count). The first-order valence-electron chi connectivity index (χ1n) is 7.42. The van der Waals surface area contributed by atoms with E-state index in [2.05, 4.69) is 15.6 Å². The smallest absolute Gasteiger partial charge is 0.303 e. The van der Waals surface area contributed by atoms with Crippen LogP contribution in [-0.2, 0) is 16.0 Å². The fourth-order valence-corrected chi connectivity index (χ4v) is 2.21. The summed E-state index contributed by atoms with van der Waals surface area (Å²) in [6.07, 6.45) is 0.155. The Morgan fingerprint density at radius 1 is 1.30 bits per heavy atom. The Morgan fingerprint density at radius 3 is 2.65 bits per heavy atom. The second-order valence-electron chi connectivity index (χ2n) is 5.55. The van der Waals surface area contributed by atoms with Gasteiger partial charge in [0.2, 0.25) is 5.91 Å². The van der Waals surface area contributed by atoms with Crippen LogP contribution in [0.4, 0.5) is 0 Å². The molecule has 23 heavy (non-hydrogen) atoms. The normalized spacial score (nSPS) is 11.9. The average Bonchev–Trinajstić information content (AvgIpc) is 2.86. The number of hydrogen-bond acceptors (Lipinski definition) is 4. The largest absolute Gasteiger partial charge is 0.481 e. The zero-order chi connectivity index (χ0) is 16.8. The number of hydrogen-bond donors (Lipinski definition) is 2. The molecule has 0 radical (unpaired) electrons. The molecule has 0 bridgehead atoms. The predicted octanol–water partition coefficient (Wildman–Crippen LogP) is 1.35. The van der Waals surface area contributed by atoms with Gasteiger partial charge < -0.3 is 10.4 Å². The number of carboxylic acids is 1. The number of carbonyl (C=O) groups is 2. The third-order valence-electron chi connectivity index (χ3n) is 3.49. The number of carbonyl (C=O) groups excluding carboxylic acids is 1. The van der Waals surface area contributed by atoms with Gasteiger partial charge in [-0.3, -0.25) is 9.59 Å². The van der Waals surface area contributed by atoms with Crippen molar-refractivity contribution >= 4 is 11.9 Å². The number of amides is 1. The molecule has 2 aromatic rings. The maximum absolute atomic E-state index is 12.0. The van der Waals surface area contributed by atoms with Crippen LogP contribution in [0.3, 0.4) is 0 Å². The van der Waals surface area contributed by atoms with Gasteiger partial charge in [-0.1, -0.05) is 30.3 Å². The molecule has 7 nitrogen and oxygen atoms in total. The standard InChI is InChI=1S/C16H20N4O3/c1-11(8-16(22)23)10-17-15(21)9-14-12(2)20(19-18-14)13-6-4-3-5-7-13/h3-7,11H,8-10H2,1-2H3,(H,17,21)(H,22,23). The van der Waals surface area contributed by atoms with E-state index in [0.717, 1.165) is 11.4 Å². The number of nitrogens with one attached hydrogen (secondary N) is 1. The Balaban J connectivity index is 1.95. The Hall–Kier alpha value is -2.70. The molecule has 0 aliphatic rings. The topological polar surface area (TPSA) is 97.1 Å². The number of benzene rings is 1. The molecule has 0 saturated carbocycles. The molecule has 122 valence electrons. The van der Waals surface area contributed by atoms with Gasteiger partial charge in [0.1, 0.15) is 0 Å². The summed E-state index contributed by atoms with van der Waals surface area (Å²) in [6, 6.07) is 9.57. The summed E-state index contributed by atoms with van der Waals surface area (Å²) in [5.74, 6) is -1.17. The lowest BCUT2D eigenvalue weighted by Crippen LogP contribution is -2.30.